The lowest BCUT2D eigenvalue weighted by molar-refractivity contribution is -0.120. The fourth-order valence-corrected chi connectivity index (χ4v) is 6.08. The molecule has 4 N–H and O–H groups in total. The average Bonchev–Trinajstić information content (AvgIpc) is 3.72. The van der Waals surface area contributed by atoms with Crippen LogP contribution in [0.1, 0.15) is 65.7 Å². The Morgan fingerprint density at radius 3 is 2.32 bits per heavy atom. The highest BCUT2D eigenvalue weighted by molar-refractivity contribution is 5.78. The van der Waals surface area contributed by atoms with Gasteiger partial charge in [0.25, 0.3) is 0 Å². The van der Waals surface area contributed by atoms with Crippen LogP contribution in [0.3, 0.4) is 0 Å². The van der Waals surface area contributed by atoms with Gasteiger partial charge < -0.3 is 35.3 Å². The largest absolute Gasteiger partial charge is 0.443 e. The zero-order chi connectivity index (χ0) is 24.5. The number of methoxy groups -OCH3 is 1. The van der Waals surface area contributed by atoms with Crippen molar-refractivity contribution in [2.75, 3.05) is 20.3 Å². The highest BCUT2D eigenvalue weighted by Crippen LogP contribution is 2.59. The smallest absolute Gasteiger partial charge is 0.407 e. The second-order valence-corrected chi connectivity index (χ2v) is 10.8. The van der Waals surface area contributed by atoms with Gasteiger partial charge in [-0.1, -0.05) is 11.6 Å². The quantitative estimate of drug-likeness (QED) is 0.360. The van der Waals surface area contributed by atoms with Gasteiger partial charge in [-0.05, 0) is 65.7 Å². The lowest BCUT2D eigenvalue weighted by atomic mass is 9.68. The van der Waals surface area contributed by atoms with Crippen LogP contribution in [-0.2, 0) is 23.7 Å². The van der Waals surface area contributed by atoms with Crippen LogP contribution in [0.5, 0.6) is 0 Å². The molecule has 4 unspecified atom stereocenters. The predicted molar refractivity (Wildman–Crippen MR) is 126 cm³/mol. The van der Waals surface area contributed by atoms with Crippen molar-refractivity contribution in [1.82, 2.24) is 10.6 Å². The van der Waals surface area contributed by atoms with Crippen LogP contribution in [-0.4, -0.2) is 73.9 Å². The first-order valence-electron chi connectivity index (χ1n) is 12.7. The fraction of sp³-hybridized carbons (Fsp3) is 0.840. The molecule has 6 atom stereocenters. The highest BCUT2D eigenvalue weighted by Gasteiger charge is 2.72. The van der Waals surface area contributed by atoms with Gasteiger partial charge in [0.2, 0.25) is 5.91 Å². The third kappa shape index (κ3) is 5.42. The SMILES string of the molecule is COC1C(OC(=O)N[C@H]2CC[C@H](NC(=O)CN)CC2)CCC2(CO2)C1[C@]1(C)O[C@@H]1CC=C(C)C. The van der Waals surface area contributed by atoms with Crippen molar-refractivity contribution in [2.45, 2.75) is 107 Å². The van der Waals surface area contributed by atoms with Gasteiger partial charge in [-0.25, -0.2) is 4.79 Å². The zero-order valence-electron chi connectivity index (χ0n) is 20.9. The summed E-state index contributed by atoms with van der Waals surface area (Å²) in [6.45, 7) is 7.03. The Labute approximate surface area is 202 Å². The van der Waals surface area contributed by atoms with E-state index in [-0.39, 0.29) is 60.0 Å². The number of ether oxygens (including phenoxy) is 4. The van der Waals surface area contributed by atoms with E-state index in [2.05, 4.69) is 37.5 Å². The van der Waals surface area contributed by atoms with Crippen molar-refractivity contribution < 1.29 is 28.5 Å². The molecule has 1 spiro atoms. The van der Waals surface area contributed by atoms with E-state index in [4.69, 9.17) is 24.7 Å². The highest BCUT2D eigenvalue weighted by atomic mass is 16.6. The molecule has 4 aliphatic rings. The summed E-state index contributed by atoms with van der Waals surface area (Å²) in [5, 5.41) is 5.95. The number of rotatable bonds is 8. The summed E-state index contributed by atoms with van der Waals surface area (Å²) in [5.41, 5.74) is 6.06. The molecule has 0 radical (unpaired) electrons. The lowest BCUT2D eigenvalue weighted by Gasteiger charge is -2.42. The Morgan fingerprint density at radius 2 is 1.76 bits per heavy atom. The van der Waals surface area contributed by atoms with Crippen LogP contribution >= 0.6 is 0 Å². The first-order valence-corrected chi connectivity index (χ1v) is 12.7. The number of hydrogen-bond acceptors (Lipinski definition) is 7. The maximum absolute atomic E-state index is 12.8. The van der Waals surface area contributed by atoms with Crippen LogP contribution in [0.4, 0.5) is 4.79 Å². The van der Waals surface area contributed by atoms with Gasteiger partial charge >= 0.3 is 6.09 Å². The number of nitrogens with two attached hydrogens (primary N) is 1. The Morgan fingerprint density at radius 1 is 1.12 bits per heavy atom. The average molecular weight is 480 g/mol. The van der Waals surface area contributed by atoms with Crippen molar-refractivity contribution in [1.29, 1.82) is 0 Å². The van der Waals surface area contributed by atoms with Crippen LogP contribution in [0.15, 0.2) is 11.6 Å². The monoisotopic (exact) mass is 479 g/mol. The van der Waals surface area contributed by atoms with Crippen molar-refractivity contribution in [3.05, 3.63) is 11.6 Å². The molecule has 2 aliphatic heterocycles. The Kier molecular flexibility index (Phi) is 7.57. The molecule has 0 bridgehead atoms. The van der Waals surface area contributed by atoms with Crippen molar-refractivity contribution >= 4 is 12.0 Å². The van der Waals surface area contributed by atoms with Gasteiger partial charge in [-0.15, -0.1) is 0 Å². The third-order valence-corrected chi connectivity index (χ3v) is 8.10. The summed E-state index contributed by atoms with van der Waals surface area (Å²) in [4.78, 5) is 24.3. The number of amides is 2. The third-order valence-electron chi connectivity index (χ3n) is 8.10. The Balaban J connectivity index is 1.32. The fourth-order valence-electron chi connectivity index (χ4n) is 6.08. The minimum atomic E-state index is -0.407. The molecule has 0 aromatic heterocycles. The predicted octanol–water partition coefficient (Wildman–Crippen LogP) is 2.18. The second-order valence-electron chi connectivity index (χ2n) is 10.8. The van der Waals surface area contributed by atoms with E-state index in [1.807, 2.05) is 0 Å². The second kappa shape index (κ2) is 10.1. The first kappa shape index (κ1) is 25.4. The molecule has 2 heterocycles. The van der Waals surface area contributed by atoms with Crippen LogP contribution < -0.4 is 16.4 Å². The summed E-state index contributed by atoms with van der Waals surface area (Å²) in [6, 6.07) is 0.158. The molecule has 0 aromatic rings. The zero-order valence-corrected chi connectivity index (χ0v) is 20.9. The van der Waals surface area contributed by atoms with E-state index >= 15 is 0 Å². The standard InChI is InChI=1S/C25H41N3O6/c1-15(2)5-10-19-24(3,34-19)22-21(31-4)18(11-12-25(22)14-32-25)33-23(30)28-17-8-6-16(7-9-17)27-20(29)13-26/h5,16-19,21-22H,6-14,26H2,1-4H3,(H,27,29)(H,28,30)/t16-,17-,18?,19-,21?,22?,24-,25?/m1/s1. The van der Waals surface area contributed by atoms with Gasteiger partial charge in [0.1, 0.15) is 23.4 Å². The molecule has 4 rings (SSSR count). The molecular weight excluding hydrogens is 438 g/mol. The lowest BCUT2D eigenvalue weighted by Crippen LogP contribution is -2.56. The van der Waals surface area contributed by atoms with Gasteiger partial charge in [0, 0.05) is 19.2 Å². The number of hydrogen-bond donors (Lipinski definition) is 3. The minimum Gasteiger partial charge on any atom is -0.443 e. The summed E-state index contributed by atoms with van der Waals surface area (Å²) < 4.78 is 24.1. The van der Waals surface area contributed by atoms with E-state index in [9.17, 15) is 9.59 Å². The molecule has 0 aromatic carbocycles. The van der Waals surface area contributed by atoms with Gasteiger partial charge in [0.15, 0.2) is 0 Å². The molecular formula is C25H41N3O6. The van der Waals surface area contributed by atoms with Crippen LogP contribution in [0.25, 0.3) is 0 Å². The van der Waals surface area contributed by atoms with E-state index in [1.165, 1.54) is 5.57 Å². The summed E-state index contributed by atoms with van der Waals surface area (Å²) >= 11 is 0. The number of alkyl carbamates (subject to hydrolysis) is 1. The molecule has 2 aliphatic carbocycles. The Hall–Kier alpha value is -1.68. The Bertz CT molecular complexity index is 788. The number of carbonyl (C=O) groups excluding carboxylic acids is 2. The van der Waals surface area contributed by atoms with Crippen LogP contribution in [0, 0.1) is 5.92 Å². The molecule has 9 heteroatoms. The summed E-state index contributed by atoms with van der Waals surface area (Å²) in [7, 11) is 1.68. The maximum atomic E-state index is 12.8. The summed E-state index contributed by atoms with van der Waals surface area (Å²) in [6.07, 6.45) is 6.88. The first-order chi connectivity index (χ1) is 16.2. The molecule has 9 nitrogen and oxygen atoms in total. The number of carbonyl (C=O) groups is 2. The molecule has 2 saturated heterocycles. The van der Waals surface area contributed by atoms with Crippen molar-refractivity contribution in [3.8, 4) is 0 Å². The normalized spacial score (nSPS) is 40.9. The number of allylic oxidation sites excluding steroid dienone is 1. The van der Waals surface area contributed by atoms with Crippen molar-refractivity contribution in [3.63, 3.8) is 0 Å². The van der Waals surface area contributed by atoms with Gasteiger partial charge in [-0.2, -0.15) is 0 Å². The maximum Gasteiger partial charge on any atom is 0.407 e. The van der Waals surface area contributed by atoms with Crippen molar-refractivity contribution in [2.24, 2.45) is 11.7 Å². The number of nitrogens with one attached hydrogen (secondary N) is 2. The number of epoxide rings is 2. The minimum absolute atomic E-state index is 0.000341. The molecule has 192 valence electrons. The van der Waals surface area contributed by atoms with E-state index in [1.54, 1.807) is 7.11 Å². The topological polar surface area (TPSA) is 128 Å². The molecule has 2 amide bonds. The van der Waals surface area contributed by atoms with E-state index in [0.717, 1.165) is 38.5 Å². The molecule has 4 fully saturated rings. The molecule has 34 heavy (non-hydrogen) atoms. The van der Waals surface area contributed by atoms with Crippen LogP contribution in [0.2, 0.25) is 0 Å². The van der Waals surface area contributed by atoms with Gasteiger partial charge in [-0.3, -0.25) is 4.79 Å². The summed E-state index contributed by atoms with van der Waals surface area (Å²) in [5.74, 6) is -0.129. The van der Waals surface area contributed by atoms with Gasteiger partial charge in [0.05, 0.1) is 25.2 Å². The molecule has 2 saturated carbocycles. The van der Waals surface area contributed by atoms with E-state index < -0.39 is 6.09 Å². The van der Waals surface area contributed by atoms with E-state index in [0.29, 0.717) is 13.0 Å².